The molecule has 1 fully saturated rings. The topological polar surface area (TPSA) is 160 Å². The monoisotopic (exact) mass is 570 g/mol. The fraction of sp³-hybridized carbons (Fsp3) is 0.269. The highest BCUT2D eigenvalue weighted by Gasteiger charge is 2.27. The molecule has 1 atom stereocenters. The molecule has 0 spiro atoms. The second-order valence-electron chi connectivity index (χ2n) is 8.74. The third kappa shape index (κ3) is 6.25. The van der Waals surface area contributed by atoms with E-state index in [0.717, 1.165) is 11.8 Å². The van der Waals surface area contributed by atoms with Gasteiger partial charge in [-0.15, -0.1) is 0 Å². The molecule has 11 nitrogen and oxygen atoms in total. The van der Waals surface area contributed by atoms with Crippen LogP contribution in [-0.2, 0) is 11.2 Å². The van der Waals surface area contributed by atoms with Gasteiger partial charge in [0.2, 0.25) is 12.1 Å². The predicted molar refractivity (Wildman–Crippen MR) is 145 cm³/mol. The summed E-state index contributed by atoms with van der Waals surface area (Å²) in [7, 11) is 0. The van der Waals surface area contributed by atoms with Crippen LogP contribution in [0.4, 0.5) is 0 Å². The van der Waals surface area contributed by atoms with E-state index in [9.17, 15) is 19.5 Å². The number of nitrogens with zero attached hydrogens (tertiary/aromatic N) is 3. The zero-order valence-corrected chi connectivity index (χ0v) is 22.3. The molecule has 1 saturated heterocycles. The van der Waals surface area contributed by atoms with Crippen LogP contribution in [-0.4, -0.2) is 59.5 Å². The van der Waals surface area contributed by atoms with Crippen LogP contribution in [0.5, 0.6) is 0 Å². The molecule has 1 unspecified atom stereocenters. The zero-order valence-electron chi connectivity index (χ0n) is 20.8. The predicted octanol–water partition coefficient (Wildman–Crippen LogP) is 3.29. The lowest BCUT2D eigenvalue weighted by molar-refractivity contribution is -0.139. The largest absolute Gasteiger partial charge is 0.478 e. The molecule has 0 saturated carbocycles. The van der Waals surface area contributed by atoms with Crippen molar-refractivity contribution in [2.24, 2.45) is 4.99 Å². The standard InChI is InChI=1S/C26H24Cl2N6O5/c1-14-11-17(27)20(24(36)32-22(25(37)38)33-26(31-13-29)34-9-4-10-34)21(28)16(14)7-8-30-23(35)19-12-15-5-2-3-6-18(15)39-19/h2-3,5-6,11-12,22H,4,7-10H2,1H3,(H,30,35)(H,31,33)(H,32,36)(H,37,38). The molecular weight excluding hydrogens is 547 g/mol. The second kappa shape index (κ2) is 12.1. The second-order valence-corrected chi connectivity index (χ2v) is 9.53. The molecule has 4 N–H and O–H groups in total. The van der Waals surface area contributed by atoms with Crippen molar-refractivity contribution in [2.45, 2.75) is 25.9 Å². The van der Waals surface area contributed by atoms with Crippen LogP contribution in [0.15, 0.2) is 45.8 Å². The molecule has 4 rings (SSSR count). The minimum atomic E-state index is -1.70. The van der Waals surface area contributed by atoms with E-state index in [4.69, 9.17) is 32.9 Å². The summed E-state index contributed by atoms with van der Waals surface area (Å²) in [5.74, 6) is -2.49. The van der Waals surface area contributed by atoms with Crippen molar-refractivity contribution >= 4 is 57.9 Å². The smallest absolute Gasteiger partial charge is 0.349 e. The Hall–Kier alpha value is -4.27. The molecule has 202 valence electrons. The number of carboxylic acid groups (broad SMARTS) is 1. The maximum Gasteiger partial charge on any atom is 0.349 e. The van der Waals surface area contributed by atoms with Gasteiger partial charge in [0, 0.05) is 25.0 Å². The molecular formula is C26H24Cl2N6O5. The number of hydrogen-bond acceptors (Lipinski definition) is 6. The molecule has 0 bridgehead atoms. The highest BCUT2D eigenvalue weighted by molar-refractivity contribution is 6.40. The van der Waals surface area contributed by atoms with Crippen LogP contribution in [0.1, 0.15) is 38.5 Å². The average molecular weight is 571 g/mol. The summed E-state index contributed by atoms with van der Waals surface area (Å²) in [6, 6.07) is 10.5. The normalized spacial score (nSPS) is 13.8. The first-order valence-electron chi connectivity index (χ1n) is 12.0. The number of fused-ring (bicyclic) bond motifs is 1. The van der Waals surface area contributed by atoms with E-state index in [1.54, 1.807) is 36.2 Å². The molecule has 2 aromatic carbocycles. The van der Waals surface area contributed by atoms with E-state index in [0.29, 0.717) is 29.8 Å². The molecule has 13 heteroatoms. The number of likely N-dealkylation sites (tertiary alicyclic amines) is 1. The van der Waals surface area contributed by atoms with Gasteiger partial charge in [-0.1, -0.05) is 41.4 Å². The van der Waals surface area contributed by atoms with Crippen LogP contribution >= 0.6 is 23.2 Å². The quantitative estimate of drug-likeness (QED) is 0.139. The Labute approximate surface area is 233 Å². The molecule has 2 amide bonds. The molecule has 39 heavy (non-hydrogen) atoms. The van der Waals surface area contributed by atoms with Crippen molar-refractivity contribution in [1.82, 2.24) is 20.9 Å². The Kier molecular flexibility index (Phi) is 8.59. The maximum absolute atomic E-state index is 13.1. The van der Waals surface area contributed by atoms with Gasteiger partial charge in [-0.05, 0) is 49.1 Å². The van der Waals surface area contributed by atoms with Gasteiger partial charge in [-0.2, -0.15) is 5.26 Å². The number of furan rings is 1. The number of amides is 2. The van der Waals surface area contributed by atoms with E-state index < -0.39 is 23.9 Å². The van der Waals surface area contributed by atoms with Crippen molar-refractivity contribution in [3.8, 4) is 6.19 Å². The Bertz CT molecular complexity index is 1480. The Morgan fingerprint density at radius 1 is 1.21 bits per heavy atom. The van der Waals surface area contributed by atoms with Gasteiger partial charge < -0.3 is 25.1 Å². The summed E-state index contributed by atoms with van der Waals surface area (Å²) in [5, 5.41) is 26.9. The summed E-state index contributed by atoms with van der Waals surface area (Å²) >= 11 is 12.9. The van der Waals surface area contributed by atoms with Gasteiger partial charge in [-0.3, -0.25) is 14.9 Å². The van der Waals surface area contributed by atoms with Crippen LogP contribution < -0.4 is 16.0 Å². The Morgan fingerprint density at radius 3 is 2.59 bits per heavy atom. The van der Waals surface area contributed by atoms with Crippen molar-refractivity contribution in [3.05, 3.63) is 68.9 Å². The van der Waals surface area contributed by atoms with Crippen LogP contribution in [0.3, 0.4) is 0 Å². The van der Waals surface area contributed by atoms with Crippen LogP contribution in [0.25, 0.3) is 11.0 Å². The zero-order chi connectivity index (χ0) is 28.1. The number of nitrogens with one attached hydrogen (secondary N) is 3. The summed E-state index contributed by atoms with van der Waals surface area (Å²) in [6.07, 6.45) is 1.15. The molecule has 1 aliphatic rings. The van der Waals surface area contributed by atoms with E-state index in [1.165, 1.54) is 0 Å². The number of halogens is 2. The number of nitriles is 1. The molecule has 1 aliphatic heterocycles. The highest BCUT2D eigenvalue weighted by atomic mass is 35.5. The van der Waals surface area contributed by atoms with Gasteiger partial charge in [-0.25, -0.2) is 9.79 Å². The number of rotatable bonds is 8. The SMILES string of the molecule is Cc1cc(Cl)c(C(=O)NC(N=C(NC#N)N2CCC2)C(=O)O)c(Cl)c1CCNC(=O)c1cc2ccccc2o1. The fourth-order valence-electron chi connectivity index (χ4n) is 4.01. The maximum atomic E-state index is 13.1. The fourth-order valence-corrected chi connectivity index (χ4v) is 4.84. The molecule has 1 aromatic heterocycles. The van der Waals surface area contributed by atoms with Crippen molar-refractivity contribution in [3.63, 3.8) is 0 Å². The van der Waals surface area contributed by atoms with Gasteiger partial charge in [0.1, 0.15) is 5.58 Å². The van der Waals surface area contributed by atoms with Gasteiger partial charge in [0.05, 0.1) is 15.6 Å². The van der Waals surface area contributed by atoms with Crippen molar-refractivity contribution < 1.29 is 23.9 Å². The van der Waals surface area contributed by atoms with Crippen molar-refractivity contribution in [1.29, 1.82) is 5.26 Å². The Balaban J connectivity index is 1.48. The summed E-state index contributed by atoms with van der Waals surface area (Å²) < 4.78 is 5.58. The lowest BCUT2D eigenvalue weighted by Crippen LogP contribution is -2.50. The van der Waals surface area contributed by atoms with Crippen molar-refractivity contribution in [2.75, 3.05) is 19.6 Å². The number of aliphatic imine (C=N–C) groups is 1. The minimum Gasteiger partial charge on any atom is -0.478 e. The number of guanidine groups is 1. The van der Waals surface area contributed by atoms with E-state index in [-0.39, 0.29) is 40.3 Å². The highest BCUT2D eigenvalue weighted by Crippen LogP contribution is 2.31. The first-order chi connectivity index (χ1) is 18.7. The minimum absolute atomic E-state index is 0.0243. The summed E-state index contributed by atoms with van der Waals surface area (Å²) in [4.78, 5) is 43.2. The number of benzene rings is 2. The first kappa shape index (κ1) is 27.8. The number of carboxylic acids is 1. The number of aliphatic carboxylic acids is 1. The number of hydrogen-bond donors (Lipinski definition) is 4. The summed E-state index contributed by atoms with van der Waals surface area (Å²) in [6.45, 7) is 3.13. The van der Waals surface area contributed by atoms with E-state index in [1.807, 2.05) is 18.2 Å². The lowest BCUT2D eigenvalue weighted by atomic mass is 10.0. The van der Waals surface area contributed by atoms with Crippen LogP contribution in [0, 0.1) is 18.4 Å². The van der Waals surface area contributed by atoms with E-state index in [2.05, 4.69) is 20.9 Å². The third-order valence-corrected chi connectivity index (χ3v) is 6.87. The van der Waals surface area contributed by atoms with E-state index >= 15 is 0 Å². The lowest BCUT2D eigenvalue weighted by Gasteiger charge is -2.33. The average Bonchev–Trinajstić information content (AvgIpc) is 3.29. The number of carbonyl (C=O) groups excluding carboxylic acids is 2. The molecule has 3 aromatic rings. The van der Waals surface area contributed by atoms with Gasteiger partial charge in [0.15, 0.2) is 12.0 Å². The molecule has 2 heterocycles. The molecule has 0 aliphatic carbocycles. The van der Waals surface area contributed by atoms with Crippen LogP contribution in [0.2, 0.25) is 10.0 Å². The number of aryl methyl sites for hydroxylation is 1. The summed E-state index contributed by atoms with van der Waals surface area (Å²) in [5.41, 5.74) is 1.71. The Morgan fingerprint density at radius 2 is 1.95 bits per heavy atom. The number of para-hydroxylation sites is 1. The van der Waals surface area contributed by atoms with Gasteiger partial charge in [0.25, 0.3) is 11.8 Å². The first-order valence-corrected chi connectivity index (χ1v) is 12.7. The third-order valence-electron chi connectivity index (χ3n) is 6.16. The van der Waals surface area contributed by atoms with Gasteiger partial charge >= 0.3 is 5.97 Å². The molecule has 0 radical (unpaired) electrons. The number of carbonyl (C=O) groups is 3.